The van der Waals surface area contributed by atoms with Gasteiger partial charge in [0.1, 0.15) is 5.82 Å². The van der Waals surface area contributed by atoms with Crippen molar-refractivity contribution in [3.05, 3.63) is 35.1 Å². The van der Waals surface area contributed by atoms with Crippen LogP contribution in [0.15, 0.2) is 18.2 Å². The first-order chi connectivity index (χ1) is 10.5. The van der Waals surface area contributed by atoms with E-state index in [4.69, 9.17) is 5.11 Å². The van der Waals surface area contributed by atoms with Crippen molar-refractivity contribution in [2.45, 2.75) is 26.3 Å². The summed E-state index contributed by atoms with van der Waals surface area (Å²) < 4.78 is 13.4. The van der Waals surface area contributed by atoms with E-state index in [1.165, 1.54) is 6.07 Å². The van der Waals surface area contributed by atoms with Crippen LogP contribution in [-0.4, -0.2) is 41.5 Å². The van der Waals surface area contributed by atoms with Crippen molar-refractivity contribution in [3.8, 4) is 0 Å². The van der Waals surface area contributed by atoms with Crippen molar-refractivity contribution >= 4 is 11.9 Å². The van der Waals surface area contributed by atoms with E-state index in [-0.39, 0.29) is 24.8 Å². The number of amides is 1. The maximum absolute atomic E-state index is 13.4. The highest BCUT2D eigenvalue weighted by Crippen LogP contribution is 2.16. The van der Waals surface area contributed by atoms with E-state index in [9.17, 15) is 14.0 Å². The van der Waals surface area contributed by atoms with Gasteiger partial charge in [-0.1, -0.05) is 12.1 Å². The number of carbonyl (C=O) groups excluding carboxylic acids is 1. The second-order valence-electron chi connectivity index (χ2n) is 5.77. The minimum atomic E-state index is -0.805. The van der Waals surface area contributed by atoms with Crippen LogP contribution < -0.4 is 5.32 Å². The number of aryl methyl sites for hydroxylation is 1. The molecule has 1 atom stereocenters. The molecule has 0 spiro atoms. The summed E-state index contributed by atoms with van der Waals surface area (Å²) in [5.41, 5.74) is 1.28. The molecule has 0 unspecified atom stereocenters. The molecule has 1 heterocycles. The molecule has 1 saturated heterocycles. The highest BCUT2D eigenvalue weighted by atomic mass is 19.1. The van der Waals surface area contributed by atoms with Gasteiger partial charge in [0, 0.05) is 13.1 Å². The molecule has 1 aliphatic rings. The third-order valence-electron chi connectivity index (χ3n) is 3.95. The SMILES string of the molecule is Cc1ccc(CNC(=O)CN2CCC[C@@H](C(=O)O)C2)cc1F. The lowest BCUT2D eigenvalue weighted by Crippen LogP contribution is -2.44. The van der Waals surface area contributed by atoms with E-state index in [0.29, 0.717) is 24.1 Å². The van der Waals surface area contributed by atoms with Crippen LogP contribution in [0.3, 0.4) is 0 Å². The molecule has 0 saturated carbocycles. The monoisotopic (exact) mass is 308 g/mol. The number of nitrogens with one attached hydrogen (secondary N) is 1. The standard InChI is InChI=1S/C16H21FN2O3/c1-11-4-5-12(7-14(11)17)8-18-15(20)10-19-6-2-3-13(9-19)16(21)22/h4-5,7,13H,2-3,6,8-10H2,1H3,(H,18,20)(H,21,22)/t13-/m1/s1. The average Bonchev–Trinajstić information content (AvgIpc) is 2.49. The van der Waals surface area contributed by atoms with Crippen LogP contribution in [0.2, 0.25) is 0 Å². The first-order valence-electron chi connectivity index (χ1n) is 7.42. The summed E-state index contributed by atoms with van der Waals surface area (Å²) in [5, 5.41) is 11.8. The fourth-order valence-corrected chi connectivity index (χ4v) is 2.61. The molecule has 0 bridgehead atoms. The molecule has 1 aliphatic heterocycles. The molecule has 1 amide bonds. The van der Waals surface area contributed by atoms with Crippen molar-refractivity contribution in [2.75, 3.05) is 19.6 Å². The number of carboxylic acid groups (broad SMARTS) is 1. The van der Waals surface area contributed by atoms with E-state index in [0.717, 1.165) is 13.0 Å². The van der Waals surface area contributed by atoms with E-state index in [2.05, 4.69) is 5.32 Å². The first-order valence-corrected chi connectivity index (χ1v) is 7.42. The van der Waals surface area contributed by atoms with Crippen molar-refractivity contribution in [1.82, 2.24) is 10.2 Å². The van der Waals surface area contributed by atoms with Crippen molar-refractivity contribution in [1.29, 1.82) is 0 Å². The number of piperidine rings is 1. The van der Waals surface area contributed by atoms with Crippen LogP contribution in [0, 0.1) is 18.7 Å². The first kappa shape index (κ1) is 16.4. The van der Waals surface area contributed by atoms with E-state index >= 15 is 0 Å². The smallest absolute Gasteiger partial charge is 0.307 e. The Morgan fingerprint density at radius 2 is 2.23 bits per heavy atom. The summed E-state index contributed by atoms with van der Waals surface area (Å²) in [4.78, 5) is 24.8. The Morgan fingerprint density at radius 3 is 2.91 bits per heavy atom. The van der Waals surface area contributed by atoms with Gasteiger partial charge in [0.15, 0.2) is 0 Å². The summed E-state index contributed by atoms with van der Waals surface area (Å²) in [6.07, 6.45) is 1.45. The fraction of sp³-hybridized carbons (Fsp3) is 0.500. The topological polar surface area (TPSA) is 69.6 Å². The van der Waals surface area contributed by atoms with Gasteiger partial charge >= 0.3 is 5.97 Å². The minimum absolute atomic E-state index is 0.174. The predicted octanol–water partition coefficient (Wildman–Crippen LogP) is 1.55. The number of hydrogen-bond donors (Lipinski definition) is 2. The van der Waals surface area contributed by atoms with Gasteiger partial charge < -0.3 is 10.4 Å². The average molecular weight is 308 g/mol. The molecular weight excluding hydrogens is 287 g/mol. The summed E-state index contributed by atoms with van der Waals surface area (Å²) in [6.45, 7) is 3.27. The number of halogens is 1. The lowest BCUT2D eigenvalue weighted by molar-refractivity contribution is -0.144. The third-order valence-corrected chi connectivity index (χ3v) is 3.95. The normalized spacial score (nSPS) is 18.9. The van der Waals surface area contributed by atoms with Gasteiger partial charge in [-0.2, -0.15) is 0 Å². The van der Waals surface area contributed by atoms with Gasteiger partial charge in [0.2, 0.25) is 5.91 Å². The summed E-state index contributed by atoms with van der Waals surface area (Å²) >= 11 is 0. The Morgan fingerprint density at radius 1 is 1.45 bits per heavy atom. The molecule has 1 fully saturated rings. The second kappa shape index (κ2) is 7.35. The Hall–Kier alpha value is -1.95. The summed E-state index contributed by atoms with van der Waals surface area (Å²) in [7, 11) is 0. The van der Waals surface area contributed by atoms with Crippen LogP contribution in [0.25, 0.3) is 0 Å². The molecular formula is C16H21FN2O3. The van der Waals surface area contributed by atoms with Crippen molar-refractivity contribution < 1.29 is 19.1 Å². The van der Waals surface area contributed by atoms with Gasteiger partial charge in [-0.3, -0.25) is 14.5 Å². The number of carboxylic acids is 1. The molecule has 2 N–H and O–H groups in total. The summed E-state index contributed by atoms with van der Waals surface area (Å²) in [6, 6.07) is 4.87. The maximum Gasteiger partial charge on any atom is 0.307 e. The molecule has 6 heteroatoms. The van der Waals surface area contributed by atoms with Crippen molar-refractivity contribution in [2.24, 2.45) is 5.92 Å². The summed E-state index contributed by atoms with van der Waals surface area (Å²) in [5.74, 6) is -1.66. The maximum atomic E-state index is 13.4. The molecule has 120 valence electrons. The molecule has 0 radical (unpaired) electrons. The molecule has 0 aromatic heterocycles. The Balaban J connectivity index is 1.80. The lowest BCUT2D eigenvalue weighted by atomic mass is 9.98. The zero-order chi connectivity index (χ0) is 16.1. The molecule has 2 rings (SSSR count). The largest absolute Gasteiger partial charge is 0.481 e. The number of carbonyl (C=O) groups is 2. The zero-order valence-corrected chi connectivity index (χ0v) is 12.6. The third kappa shape index (κ3) is 4.53. The molecule has 0 aliphatic carbocycles. The van der Waals surface area contributed by atoms with E-state index in [1.807, 2.05) is 4.90 Å². The van der Waals surface area contributed by atoms with E-state index < -0.39 is 11.9 Å². The minimum Gasteiger partial charge on any atom is -0.481 e. The van der Waals surface area contributed by atoms with Crippen LogP contribution in [0.5, 0.6) is 0 Å². The Bertz CT molecular complexity index is 562. The number of likely N-dealkylation sites (tertiary alicyclic amines) is 1. The van der Waals surface area contributed by atoms with Gasteiger partial charge in [0.05, 0.1) is 12.5 Å². The number of nitrogens with zero attached hydrogens (tertiary/aromatic N) is 1. The quantitative estimate of drug-likeness (QED) is 0.866. The van der Waals surface area contributed by atoms with Gasteiger partial charge in [-0.05, 0) is 43.5 Å². The highest BCUT2D eigenvalue weighted by molar-refractivity contribution is 5.78. The Labute approximate surface area is 129 Å². The van der Waals surface area contributed by atoms with Gasteiger partial charge in [0.25, 0.3) is 0 Å². The van der Waals surface area contributed by atoms with Crippen LogP contribution in [0.1, 0.15) is 24.0 Å². The van der Waals surface area contributed by atoms with Gasteiger partial charge in [-0.25, -0.2) is 4.39 Å². The highest BCUT2D eigenvalue weighted by Gasteiger charge is 2.26. The fourth-order valence-electron chi connectivity index (χ4n) is 2.61. The number of aliphatic carboxylic acids is 1. The second-order valence-corrected chi connectivity index (χ2v) is 5.77. The Kier molecular flexibility index (Phi) is 5.49. The van der Waals surface area contributed by atoms with Crippen LogP contribution >= 0.6 is 0 Å². The molecule has 1 aromatic carbocycles. The number of hydrogen-bond acceptors (Lipinski definition) is 3. The molecule has 22 heavy (non-hydrogen) atoms. The van der Waals surface area contributed by atoms with Crippen molar-refractivity contribution in [3.63, 3.8) is 0 Å². The molecule has 1 aromatic rings. The van der Waals surface area contributed by atoms with Crippen LogP contribution in [-0.2, 0) is 16.1 Å². The lowest BCUT2D eigenvalue weighted by Gasteiger charge is -2.29. The molecule has 5 nitrogen and oxygen atoms in total. The predicted molar refractivity (Wildman–Crippen MR) is 79.8 cm³/mol. The van der Waals surface area contributed by atoms with E-state index in [1.54, 1.807) is 19.1 Å². The zero-order valence-electron chi connectivity index (χ0n) is 12.6. The van der Waals surface area contributed by atoms with Crippen LogP contribution in [0.4, 0.5) is 4.39 Å². The van der Waals surface area contributed by atoms with Gasteiger partial charge in [-0.15, -0.1) is 0 Å². The number of benzene rings is 1. The number of rotatable bonds is 5.